The van der Waals surface area contributed by atoms with Crippen LogP contribution >= 0.6 is 22.9 Å². The molecule has 2 aromatic rings. The van der Waals surface area contributed by atoms with Crippen molar-refractivity contribution >= 4 is 37.9 Å². The Morgan fingerprint density at radius 1 is 1.52 bits per heavy atom. The molecule has 0 bridgehead atoms. The van der Waals surface area contributed by atoms with E-state index >= 15 is 0 Å². The molecule has 118 valence electrons. The summed E-state index contributed by atoms with van der Waals surface area (Å²) in [6, 6.07) is 0. The van der Waals surface area contributed by atoms with Gasteiger partial charge in [-0.25, -0.2) is 18.1 Å². The number of likely N-dealkylation sites (N-methyl/N-ethyl adjacent to an activating group) is 1. The number of halogens is 1. The number of methoxy groups -OCH3 is 1. The van der Waals surface area contributed by atoms with Crippen molar-refractivity contribution in [2.24, 2.45) is 0 Å². The first-order valence-corrected chi connectivity index (χ1v) is 8.98. The average molecular weight is 353 g/mol. The second-order valence-corrected chi connectivity index (χ2v) is 7.37. The first-order valence-electron chi connectivity index (χ1n) is 6.24. The summed E-state index contributed by atoms with van der Waals surface area (Å²) in [6.45, 7) is 2.20. The molecule has 0 spiro atoms. The predicted molar refractivity (Wildman–Crippen MR) is 82.6 cm³/mol. The smallest absolute Gasteiger partial charge is 0.259 e. The van der Waals surface area contributed by atoms with Gasteiger partial charge in [0.2, 0.25) is 0 Å². The SMILES string of the molecule is COCCN(C)CCNS(=O)(=O)c1c(Cl)nc2sccn12. The maximum Gasteiger partial charge on any atom is 0.259 e. The van der Waals surface area contributed by atoms with Crippen LogP contribution in [0.2, 0.25) is 5.15 Å². The molecule has 0 amide bonds. The minimum atomic E-state index is -3.69. The average Bonchev–Trinajstić information content (AvgIpc) is 2.95. The molecule has 0 aromatic carbocycles. The van der Waals surface area contributed by atoms with Gasteiger partial charge in [0.15, 0.2) is 15.1 Å². The molecule has 0 atom stereocenters. The highest BCUT2D eigenvalue weighted by Crippen LogP contribution is 2.24. The molecular weight excluding hydrogens is 336 g/mol. The van der Waals surface area contributed by atoms with Crippen LogP contribution in [0.25, 0.3) is 4.96 Å². The van der Waals surface area contributed by atoms with Gasteiger partial charge >= 0.3 is 0 Å². The minimum absolute atomic E-state index is 0.0120. The largest absolute Gasteiger partial charge is 0.383 e. The van der Waals surface area contributed by atoms with Gasteiger partial charge in [-0.3, -0.25) is 4.40 Å². The number of imidazole rings is 1. The Morgan fingerprint density at radius 2 is 2.29 bits per heavy atom. The fraction of sp³-hybridized carbons (Fsp3) is 0.545. The number of rotatable bonds is 8. The topological polar surface area (TPSA) is 75.9 Å². The fourth-order valence-corrected chi connectivity index (χ4v) is 4.25. The lowest BCUT2D eigenvalue weighted by Gasteiger charge is -2.16. The Labute approximate surface area is 132 Å². The van der Waals surface area contributed by atoms with Crippen LogP contribution < -0.4 is 4.72 Å². The normalized spacial score (nSPS) is 12.6. The van der Waals surface area contributed by atoms with Crippen molar-refractivity contribution in [1.29, 1.82) is 0 Å². The van der Waals surface area contributed by atoms with E-state index in [1.807, 2.05) is 11.9 Å². The molecule has 7 nitrogen and oxygen atoms in total. The van der Waals surface area contributed by atoms with Crippen LogP contribution in [0.3, 0.4) is 0 Å². The molecule has 0 aliphatic carbocycles. The van der Waals surface area contributed by atoms with Gasteiger partial charge in [0.1, 0.15) is 0 Å². The van der Waals surface area contributed by atoms with E-state index in [4.69, 9.17) is 16.3 Å². The molecule has 0 aliphatic rings. The van der Waals surface area contributed by atoms with E-state index in [0.717, 1.165) is 6.54 Å². The number of hydrogen-bond acceptors (Lipinski definition) is 6. The molecule has 0 aliphatic heterocycles. The van der Waals surface area contributed by atoms with Gasteiger partial charge in [0.25, 0.3) is 10.0 Å². The second-order valence-electron chi connectivity index (χ2n) is 4.46. The Kier molecular flexibility index (Phi) is 5.58. The molecule has 0 saturated heterocycles. The number of nitrogens with one attached hydrogen (secondary N) is 1. The fourth-order valence-electron chi connectivity index (χ4n) is 1.78. The van der Waals surface area contributed by atoms with Crippen molar-refractivity contribution in [3.8, 4) is 0 Å². The highest BCUT2D eigenvalue weighted by molar-refractivity contribution is 7.89. The predicted octanol–water partition coefficient (Wildman–Crippen LogP) is 0.906. The van der Waals surface area contributed by atoms with Crippen LogP contribution in [0.5, 0.6) is 0 Å². The molecule has 0 fully saturated rings. The minimum Gasteiger partial charge on any atom is -0.383 e. The van der Waals surface area contributed by atoms with Gasteiger partial charge in [-0.2, -0.15) is 0 Å². The lowest BCUT2D eigenvalue weighted by Crippen LogP contribution is -2.34. The summed E-state index contributed by atoms with van der Waals surface area (Å²) in [6.07, 6.45) is 1.64. The second kappa shape index (κ2) is 7.03. The van der Waals surface area contributed by atoms with Crippen LogP contribution in [-0.4, -0.2) is 63.1 Å². The molecule has 0 saturated carbocycles. The van der Waals surface area contributed by atoms with E-state index in [0.29, 0.717) is 18.1 Å². The Morgan fingerprint density at radius 3 is 3.00 bits per heavy atom. The van der Waals surface area contributed by atoms with Gasteiger partial charge in [-0.15, -0.1) is 11.3 Å². The van der Waals surface area contributed by atoms with Crippen LogP contribution in [-0.2, 0) is 14.8 Å². The van der Waals surface area contributed by atoms with E-state index < -0.39 is 10.0 Å². The van der Waals surface area contributed by atoms with Crippen molar-refractivity contribution < 1.29 is 13.2 Å². The number of thiazole rings is 1. The van der Waals surface area contributed by atoms with E-state index in [1.165, 1.54) is 15.7 Å². The highest BCUT2D eigenvalue weighted by Gasteiger charge is 2.24. The number of fused-ring (bicyclic) bond motifs is 1. The van der Waals surface area contributed by atoms with Crippen molar-refractivity contribution in [3.63, 3.8) is 0 Å². The Balaban J connectivity index is 2.02. The number of hydrogen-bond donors (Lipinski definition) is 1. The van der Waals surface area contributed by atoms with Crippen molar-refractivity contribution in [2.45, 2.75) is 5.03 Å². The van der Waals surface area contributed by atoms with Crippen LogP contribution in [0.1, 0.15) is 0 Å². The molecule has 2 aromatic heterocycles. The third-order valence-corrected chi connectivity index (χ3v) is 5.51. The van der Waals surface area contributed by atoms with Crippen molar-refractivity contribution in [2.75, 3.05) is 40.4 Å². The number of nitrogens with zero attached hydrogens (tertiary/aromatic N) is 3. The molecule has 2 rings (SSSR count). The third kappa shape index (κ3) is 3.93. The maximum atomic E-state index is 12.3. The summed E-state index contributed by atoms with van der Waals surface area (Å²) >= 11 is 7.26. The summed E-state index contributed by atoms with van der Waals surface area (Å²) in [5.74, 6) is 0. The lowest BCUT2D eigenvalue weighted by atomic mass is 10.5. The lowest BCUT2D eigenvalue weighted by molar-refractivity contribution is 0.162. The molecule has 0 unspecified atom stereocenters. The van der Waals surface area contributed by atoms with E-state index in [9.17, 15) is 8.42 Å². The molecule has 21 heavy (non-hydrogen) atoms. The number of ether oxygens (including phenoxy) is 1. The van der Waals surface area contributed by atoms with Gasteiger partial charge < -0.3 is 9.64 Å². The zero-order valence-corrected chi connectivity index (χ0v) is 14.1. The molecule has 2 heterocycles. The monoisotopic (exact) mass is 352 g/mol. The number of aromatic nitrogens is 2. The third-order valence-electron chi connectivity index (χ3n) is 2.90. The first-order chi connectivity index (χ1) is 9.95. The van der Waals surface area contributed by atoms with E-state index in [1.54, 1.807) is 18.7 Å². The molecule has 10 heteroatoms. The Hall–Kier alpha value is -0.710. The van der Waals surface area contributed by atoms with Crippen LogP contribution in [0.15, 0.2) is 16.6 Å². The molecular formula is C11H17ClN4O3S2. The zero-order valence-electron chi connectivity index (χ0n) is 11.7. The summed E-state index contributed by atoms with van der Waals surface area (Å²) < 4.78 is 33.6. The first kappa shape index (κ1) is 16.7. The molecule has 1 N–H and O–H groups in total. The number of sulfonamides is 1. The zero-order chi connectivity index (χ0) is 15.5. The van der Waals surface area contributed by atoms with Gasteiger partial charge in [0.05, 0.1) is 6.61 Å². The standard InChI is InChI=1S/C11H17ClN4O3S2/c1-15(5-7-19-2)4-3-13-21(17,18)10-9(12)14-11-16(10)6-8-20-11/h6,8,13H,3-5,7H2,1-2H3. The van der Waals surface area contributed by atoms with Gasteiger partial charge in [0, 0.05) is 38.3 Å². The summed E-state index contributed by atoms with van der Waals surface area (Å²) in [5.41, 5.74) is 0. The highest BCUT2D eigenvalue weighted by atomic mass is 35.5. The Bertz CT molecular complexity index is 697. The van der Waals surface area contributed by atoms with Crippen LogP contribution in [0, 0.1) is 0 Å². The van der Waals surface area contributed by atoms with Gasteiger partial charge in [-0.05, 0) is 7.05 Å². The van der Waals surface area contributed by atoms with E-state index in [-0.39, 0.29) is 16.7 Å². The van der Waals surface area contributed by atoms with Crippen molar-refractivity contribution in [1.82, 2.24) is 19.0 Å². The summed E-state index contributed by atoms with van der Waals surface area (Å²) in [4.78, 5) is 6.55. The van der Waals surface area contributed by atoms with E-state index in [2.05, 4.69) is 9.71 Å². The van der Waals surface area contributed by atoms with Crippen molar-refractivity contribution in [3.05, 3.63) is 16.7 Å². The summed E-state index contributed by atoms with van der Waals surface area (Å²) in [7, 11) is -0.165. The summed E-state index contributed by atoms with van der Waals surface area (Å²) in [5, 5.41) is 1.73. The van der Waals surface area contributed by atoms with Gasteiger partial charge in [-0.1, -0.05) is 11.6 Å². The van der Waals surface area contributed by atoms with Crippen LogP contribution in [0.4, 0.5) is 0 Å². The maximum absolute atomic E-state index is 12.3. The quantitative estimate of drug-likeness (QED) is 0.764. The molecule has 0 radical (unpaired) electrons.